The highest BCUT2D eigenvalue weighted by atomic mass is 16.5. The minimum Gasteiger partial charge on any atom is -0.379 e. The number of nitrogens with two attached hydrogens (primary N) is 1. The number of hydrogen-bond acceptors (Lipinski definition) is 4. The van der Waals surface area contributed by atoms with Crippen LogP contribution in [0.2, 0.25) is 0 Å². The van der Waals surface area contributed by atoms with Crippen molar-refractivity contribution in [1.29, 1.82) is 0 Å². The van der Waals surface area contributed by atoms with Crippen LogP contribution in [0.4, 0.5) is 0 Å². The fourth-order valence-electron chi connectivity index (χ4n) is 2.03. The van der Waals surface area contributed by atoms with E-state index in [-0.39, 0.29) is 11.9 Å². The molecule has 0 aromatic heterocycles. The number of morpholine rings is 1. The summed E-state index contributed by atoms with van der Waals surface area (Å²) in [5.74, 6) is -0.245. The second-order valence-corrected chi connectivity index (χ2v) is 4.81. The minimum atomic E-state index is -0.245. The van der Waals surface area contributed by atoms with Crippen LogP contribution in [0.15, 0.2) is 0 Å². The Kier molecular flexibility index (Phi) is 3.78. The third-order valence-electron chi connectivity index (χ3n) is 3.28. The number of amides is 1. The van der Waals surface area contributed by atoms with Crippen molar-refractivity contribution in [3.05, 3.63) is 0 Å². The third-order valence-corrected chi connectivity index (χ3v) is 3.28. The van der Waals surface area contributed by atoms with Gasteiger partial charge in [-0.2, -0.15) is 0 Å². The monoisotopic (exact) mass is 227 g/mol. The Balaban J connectivity index is 1.85. The van der Waals surface area contributed by atoms with E-state index >= 15 is 0 Å². The Morgan fingerprint density at radius 2 is 2.38 bits per heavy atom. The molecule has 5 heteroatoms. The van der Waals surface area contributed by atoms with E-state index in [1.54, 1.807) is 0 Å². The normalized spacial score (nSPS) is 28.9. The number of hydrogen-bond donors (Lipinski definition) is 2. The molecule has 0 bridgehead atoms. The molecule has 2 rings (SSSR count). The molecule has 1 saturated carbocycles. The van der Waals surface area contributed by atoms with Gasteiger partial charge in [-0.3, -0.25) is 9.69 Å². The topological polar surface area (TPSA) is 67.6 Å². The number of nitrogens with zero attached hydrogens (tertiary/aromatic N) is 1. The van der Waals surface area contributed by atoms with E-state index in [4.69, 9.17) is 10.5 Å². The fourth-order valence-corrected chi connectivity index (χ4v) is 2.03. The van der Waals surface area contributed by atoms with Gasteiger partial charge in [0.15, 0.2) is 0 Å². The molecule has 1 amide bonds. The van der Waals surface area contributed by atoms with E-state index in [9.17, 15) is 4.79 Å². The van der Waals surface area contributed by atoms with Gasteiger partial charge < -0.3 is 15.8 Å². The molecule has 2 atom stereocenters. The van der Waals surface area contributed by atoms with Crippen LogP contribution in [-0.4, -0.2) is 55.2 Å². The first-order valence-electron chi connectivity index (χ1n) is 6.04. The second kappa shape index (κ2) is 5.12. The number of carbonyl (C=O) groups is 1. The SMILES string of the molecule is CC1COCCN1CC(NC1CC1)C(N)=O. The van der Waals surface area contributed by atoms with Crippen molar-refractivity contribution in [1.82, 2.24) is 10.2 Å². The van der Waals surface area contributed by atoms with Crippen molar-refractivity contribution in [3.8, 4) is 0 Å². The molecule has 5 nitrogen and oxygen atoms in total. The number of carbonyl (C=O) groups excluding carboxylic acids is 1. The molecule has 0 spiro atoms. The first-order chi connectivity index (χ1) is 7.66. The Labute approximate surface area is 96.3 Å². The van der Waals surface area contributed by atoms with E-state index < -0.39 is 0 Å². The van der Waals surface area contributed by atoms with Crippen molar-refractivity contribution < 1.29 is 9.53 Å². The minimum absolute atomic E-state index is 0.215. The lowest BCUT2D eigenvalue weighted by atomic mass is 10.2. The Morgan fingerprint density at radius 3 is 2.94 bits per heavy atom. The average Bonchev–Trinajstić information content (AvgIpc) is 3.04. The zero-order valence-corrected chi connectivity index (χ0v) is 9.82. The van der Waals surface area contributed by atoms with E-state index in [1.807, 2.05) is 0 Å². The molecule has 2 aliphatic rings. The number of nitrogens with one attached hydrogen (secondary N) is 1. The van der Waals surface area contributed by atoms with Gasteiger partial charge in [0.2, 0.25) is 5.91 Å². The third kappa shape index (κ3) is 3.17. The van der Waals surface area contributed by atoms with Crippen LogP contribution in [0.25, 0.3) is 0 Å². The van der Waals surface area contributed by atoms with Crippen LogP contribution in [0, 0.1) is 0 Å². The van der Waals surface area contributed by atoms with Crippen molar-refractivity contribution in [2.45, 2.75) is 37.9 Å². The first-order valence-corrected chi connectivity index (χ1v) is 6.04. The van der Waals surface area contributed by atoms with Crippen LogP contribution in [0.3, 0.4) is 0 Å². The van der Waals surface area contributed by atoms with Gasteiger partial charge in [-0.1, -0.05) is 0 Å². The smallest absolute Gasteiger partial charge is 0.235 e. The van der Waals surface area contributed by atoms with E-state index in [1.165, 1.54) is 12.8 Å². The molecule has 1 aliphatic carbocycles. The van der Waals surface area contributed by atoms with Crippen molar-refractivity contribution >= 4 is 5.91 Å². The number of ether oxygens (including phenoxy) is 1. The molecule has 92 valence electrons. The molecule has 3 N–H and O–H groups in total. The Morgan fingerprint density at radius 1 is 1.62 bits per heavy atom. The highest BCUT2D eigenvalue weighted by Gasteiger charge is 2.30. The fraction of sp³-hybridized carbons (Fsp3) is 0.909. The van der Waals surface area contributed by atoms with E-state index in [0.717, 1.165) is 19.8 Å². The summed E-state index contributed by atoms with van der Waals surface area (Å²) < 4.78 is 5.37. The van der Waals surface area contributed by atoms with Crippen LogP contribution >= 0.6 is 0 Å². The summed E-state index contributed by atoms with van der Waals surface area (Å²) in [6, 6.07) is 0.665. The van der Waals surface area contributed by atoms with Crippen LogP contribution in [-0.2, 0) is 9.53 Å². The lowest BCUT2D eigenvalue weighted by Crippen LogP contribution is -2.54. The molecule has 0 aromatic rings. The molecule has 1 heterocycles. The van der Waals surface area contributed by atoms with Gasteiger partial charge in [0.1, 0.15) is 0 Å². The largest absolute Gasteiger partial charge is 0.379 e. The molecule has 16 heavy (non-hydrogen) atoms. The van der Waals surface area contributed by atoms with Crippen molar-refractivity contribution in [2.75, 3.05) is 26.3 Å². The molecule has 2 fully saturated rings. The van der Waals surface area contributed by atoms with Crippen LogP contribution in [0.1, 0.15) is 19.8 Å². The zero-order chi connectivity index (χ0) is 11.5. The predicted octanol–water partition coefficient (Wildman–Crippen LogP) is -0.687. The standard InChI is InChI=1S/C11H21N3O2/c1-8-7-16-5-4-14(8)6-10(11(12)15)13-9-2-3-9/h8-10,13H,2-7H2,1H3,(H2,12,15). The second-order valence-electron chi connectivity index (χ2n) is 4.81. The molecule has 0 radical (unpaired) electrons. The summed E-state index contributed by atoms with van der Waals surface area (Å²) in [7, 11) is 0. The van der Waals surface area contributed by atoms with Gasteiger partial charge in [-0.15, -0.1) is 0 Å². The summed E-state index contributed by atoms with van der Waals surface area (Å²) in [5.41, 5.74) is 5.42. The predicted molar refractivity (Wildman–Crippen MR) is 61.0 cm³/mol. The van der Waals surface area contributed by atoms with Gasteiger partial charge in [0, 0.05) is 25.2 Å². The molecule has 1 saturated heterocycles. The van der Waals surface area contributed by atoms with Gasteiger partial charge in [-0.05, 0) is 19.8 Å². The molecule has 2 unspecified atom stereocenters. The summed E-state index contributed by atoms with van der Waals surface area (Å²) in [6.45, 7) is 5.20. The first kappa shape index (κ1) is 11.8. The highest BCUT2D eigenvalue weighted by Crippen LogP contribution is 2.19. The maximum absolute atomic E-state index is 11.3. The lowest BCUT2D eigenvalue weighted by molar-refractivity contribution is -0.121. The maximum atomic E-state index is 11.3. The molecule has 1 aliphatic heterocycles. The Hall–Kier alpha value is -0.650. The van der Waals surface area contributed by atoms with Crippen LogP contribution < -0.4 is 11.1 Å². The number of rotatable bonds is 5. The summed E-state index contributed by atoms with van der Waals surface area (Å²) in [6.07, 6.45) is 2.34. The summed E-state index contributed by atoms with van der Waals surface area (Å²) in [4.78, 5) is 13.6. The maximum Gasteiger partial charge on any atom is 0.235 e. The quantitative estimate of drug-likeness (QED) is 0.652. The van der Waals surface area contributed by atoms with Crippen molar-refractivity contribution in [2.24, 2.45) is 5.73 Å². The van der Waals surface area contributed by atoms with Crippen molar-refractivity contribution in [3.63, 3.8) is 0 Å². The van der Waals surface area contributed by atoms with Gasteiger partial charge in [-0.25, -0.2) is 0 Å². The molecular weight excluding hydrogens is 206 g/mol. The van der Waals surface area contributed by atoms with Gasteiger partial charge in [0.05, 0.1) is 19.3 Å². The average molecular weight is 227 g/mol. The van der Waals surface area contributed by atoms with E-state index in [2.05, 4.69) is 17.1 Å². The molecular formula is C11H21N3O2. The Bertz CT molecular complexity index is 256. The highest BCUT2D eigenvalue weighted by molar-refractivity contribution is 5.80. The lowest BCUT2D eigenvalue weighted by Gasteiger charge is -2.35. The zero-order valence-electron chi connectivity index (χ0n) is 9.82. The summed E-state index contributed by atoms with van der Waals surface area (Å²) in [5, 5.41) is 3.30. The van der Waals surface area contributed by atoms with E-state index in [0.29, 0.717) is 18.6 Å². The van der Waals surface area contributed by atoms with Gasteiger partial charge in [0.25, 0.3) is 0 Å². The summed E-state index contributed by atoms with van der Waals surface area (Å²) >= 11 is 0. The van der Waals surface area contributed by atoms with Gasteiger partial charge >= 0.3 is 0 Å². The molecule has 0 aromatic carbocycles. The van der Waals surface area contributed by atoms with Crippen LogP contribution in [0.5, 0.6) is 0 Å². The number of primary amides is 1.